The number of nitro groups is 1. The lowest BCUT2D eigenvalue weighted by atomic mass is 10.1. The molecule has 0 unspecified atom stereocenters. The van der Waals surface area contributed by atoms with E-state index in [1.54, 1.807) is 6.92 Å². The highest BCUT2D eigenvalue weighted by Crippen LogP contribution is 2.36. The van der Waals surface area contributed by atoms with Crippen LogP contribution in [0.1, 0.15) is 23.6 Å². The van der Waals surface area contributed by atoms with Crippen LogP contribution in [-0.2, 0) is 0 Å². The summed E-state index contributed by atoms with van der Waals surface area (Å²) in [5, 5.41) is 20.9. The van der Waals surface area contributed by atoms with Crippen molar-refractivity contribution in [2.45, 2.75) is 20.8 Å². The van der Waals surface area contributed by atoms with Crippen molar-refractivity contribution in [3.8, 4) is 11.5 Å². The van der Waals surface area contributed by atoms with Crippen LogP contribution >= 0.6 is 0 Å². The summed E-state index contributed by atoms with van der Waals surface area (Å²) in [6.07, 6.45) is 1.52. The molecule has 2 aromatic carbocycles. The van der Waals surface area contributed by atoms with Crippen LogP contribution in [-0.4, -0.2) is 22.9 Å². The van der Waals surface area contributed by atoms with E-state index in [0.717, 1.165) is 16.8 Å². The van der Waals surface area contributed by atoms with Crippen molar-refractivity contribution in [2.24, 2.45) is 4.99 Å². The van der Waals surface area contributed by atoms with E-state index in [0.29, 0.717) is 12.2 Å². The van der Waals surface area contributed by atoms with Crippen LogP contribution in [0.4, 0.5) is 11.4 Å². The molecule has 120 valence electrons. The van der Waals surface area contributed by atoms with Crippen LogP contribution in [0.3, 0.4) is 0 Å². The van der Waals surface area contributed by atoms with Crippen LogP contribution in [0.25, 0.3) is 0 Å². The van der Waals surface area contributed by atoms with E-state index >= 15 is 0 Å². The molecule has 0 bridgehead atoms. The third kappa shape index (κ3) is 3.85. The molecule has 0 amide bonds. The fraction of sp³-hybridized carbons (Fsp3) is 0.235. The van der Waals surface area contributed by atoms with Gasteiger partial charge in [-0.2, -0.15) is 0 Å². The number of phenolic OH excluding ortho intramolecular Hbond substituents is 1. The van der Waals surface area contributed by atoms with E-state index in [2.05, 4.69) is 4.99 Å². The Morgan fingerprint density at radius 3 is 2.70 bits per heavy atom. The van der Waals surface area contributed by atoms with Crippen molar-refractivity contribution in [3.63, 3.8) is 0 Å². The molecule has 6 heteroatoms. The summed E-state index contributed by atoms with van der Waals surface area (Å²) < 4.78 is 5.25. The van der Waals surface area contributed by atoms with Crippen molar-refractivity contribution in [3.05, 3.63) is 57.1 Å². The minimum absolute atomic E-state index is 0.0733. The second kappa shape index (κ2) is 6.91. The van der Waals surface area contributed by atoms with Gasteiger partial charge in [-0.1, -0.05) is 12.1 Å². The molecule has 2 rings (SSSR count). The minimum atomic E-state index is -0.646. The first-order valence-electron chi connectivity index (χ1n) is 7.18. The first-order valence-corrected chi connectivity index (χ1v) is 7.18. The minimum Gasteiger partial charge on any atom is -0.500 e. The van der Waals surface area contributed by atoms with Gasteiger partial charge in [-0.05, 0) is 44.0 Å². The zero-order valence-electron chi connectivity index (χ0n) is 13.2. The number of aryl methyl sites for hydroxylation is 2. The quantitative estimate of drug-likeness (QED) is 0.512. The lowest BCUT2D eigenvalue weighted by molar-refractivity contribution is -0.386. The summed E-state index contributed by atoms with van der Waals surface area (Å²) in [6, 6.07) is 8.69. The number of aromatic hydroxyl groups is 1. The van der Waals surface area contributed by atoms with Crippen molar-refractivity contribution in [1.29, 1.82) is 0 Å². The van der Waals surface area contributed by atoms with Gasteiger partial charge in [0.1, 0.15) is 0 Å². The molecule has 0 radical (unpaired) electrons. The van der Waals surface area contributed by atoms with E-state index < -0.39 is 16.4 Å². The Labute approximate surface area is 134 Å². The van der Waals surface area contributed by atoms with E-state index in [1.807, 2.05) is 32.0 Å². The largest absolute Gasteiger partial charge is 0.500 e. The number of rotatable bonds is 5. The van der Waals surface area contributed by atoms with E-state index in [1.165, 1.54) is 18.3 Å². The molecule has 0 fully saturated rings. The summed E-state index contributed by atoms with van der Waals surface area (Å²) in [5.41, 5.74) is 2.95. The second-order valence-corrected chi connectivity index (χ2v) is 5.13. The van der Waals surface area contributed by atoms with E-state index in [4.69, 9.17) is 4.74 Å². The zero-order valence-corrected chi connectivity index (χ0v) is 13.2. The van der Waals surface area contributed by atoms with Gasteiger partial charge < -0.3 is 9.84 Å². The van der Waals surface area contributed by atoms with Crippen LogP contribution in [0, 0.1) is 24.0 Å². The zero-order chi connectivity index (χ0) is 17.0. The van der Waals surface area contributed by atoms with Gasteiger partial charge in [0.25, 0.3) is 0 Å². The first kappa shape index (κ1) is 16.5. The Bertz CT molecular complexity index is 769. The normalized spacial score (nSPS) is 10.9. The van der Waals surface area contributed by atoms with Gasteiger partial charge in [0.2, 0.25) is 5.75 Å². The highest BCUT2D eigenvalue weighted by atomic mass is 16.6. The number of nitro benzene ring substituents is 1. The van der Waals surface area contributed by atoms with Gasteiger partial charge in [0.15, 0.2) is 5.75 Å². The SMILES string of the molecule is CCOc1cc(C=Nc2cc(C)ccc2C)cc([N+](=O)[O-])c1O. The average molecular weight is 314 g/mol. The third-order valence-electron chi connectivity index (χ3n) is 3.29. The lowest BCUT2D eigenvalue weighted by Gasteiger charge is -2.07. The maximum atomic E-state index is 11.0. The number of hydrogen-bond donors (Lipinski definition) is 1. The molecule has 0 heterocycles. The molecule has 0 atom stereocenters. The van der Waals surface area contributed by atoms with Crippen LogP contribution < -0.4 is 4.74 Å². The second-order valence-electron chi connectivity index (χ2n) is 5.13. The van der Waals surface area contributed by atoms with E-state index in [-0.39, 0.29) is 5.75 Å². The summed E-state index contributed by atoms with van der Waals surface area (Å²) >= 11 is 0. The molecule has 0 saturated carbocycles. The molecule has 6 nitrogen and oxygen atoms in total. The van der Waals surface area contributed by atoms with Crippen LogP contribution in [0.5, 0.6) is 11.5 Å². The number of ether oxygens (including phenoxy) is 1. The molecule has 0 saturated heterocycles. The van der Waals surface area contributed by atoms with Gasteiger partial charge in [0, 0.05) is 17.8 Å². The van der Waals surface area contributed by atoms with Gasteiger partial charge in [-0.3, -0.25) is 15.1 Å². The highest BCUT2D eigenvalue weighted by Gasteiger charge is 2.19. The predicted octanol–water partition coefficient (Wildman–Crippen LogP) is 4.07. The van der Waals surface area contributed by atoms with Crippen molar-refractivity contribution in [2.75, 3.05) is 6.61 Å². The molecular formula is C17H18N2O4. The van der Waals surface area contributed by atoms with Crippen molar-refractivity contribution < 1.29 is 14.8 Å². The lowest BCUT2D eigenvalue weighted by Crippen LogP contribution is -1.97. The summed E-state index contributed by atoms with van der Waals surface area (Å²) in [6.45, 7) is 5.94. The maximum absolute atomic E-state index is 11.0. The molecule has 1 N–H and O–H groups in total. The fourth-order valence-corrected chi connectivity index (χ4v) is 2.10. The Balaban J connectivity index is 2.44. The summed E-state index contributed by atoms with van der Waals surface area (Å²) in [7, 11) is 0. The molecule has 2 aromatic rings. The maximum Gasteiger partial charge on any atom is 0.315 e. The number of phenols is 1. The molecule has 0 aliphatic heterocycles. The molecule has 23 heavy (non-hydrogen) atoms. The summed E-state index contributed by atoms with van der Waals surface area (Å²) in [5.74, 6) is -0.398. The number of nitrogens with zero attached hydrogens (tertiary/aromatic N) is 2. The van der Waals surface area contributed by atoms with Gasteiger partial charge in [0.05, 0.1) is 17.2 Å². The van der Waals surface area contributed by atoms with Gasteiger partial charge in [-0.25, -0.2) is 0 Å². The molecule has 0 aliphatic rings. The van der Waals surface area contributed by atoms with Gasteiger partial charge in [-0.15, -0.1) is 0 Å². The van der Waals surface area contributed by atoms with E-state index in [9.17, 15) is 15.2 Å². The Kier molecular flexibility index (Phi) is 4.95. The van der Waals surface area contributed by atoms with Crippen LogP contribution in [0.15, 0.2) is 35.3 Å². The molecule has 0 aromatic heterocycles. The Hall–Kier alpha value is -2.89. The van der Waals surface area contributed by atoms with Crippen LogP contribution in [0.2, 0.25) is 0 Å². The number of benzene rings is 2. The van der Waals surface area contributed by atoms with Crippen molar-refractivity contribution >= 4 is 17.6 Å². The first-order chi connectivity index (χ1) is 10.9. The number of hydrogen-bond acceptors (Lipinski definition) is 5. The van der Waals surface area contributed by atoms with Gasteiger partial charge >= 0.3 is 5.69 Å². The Morgan fingerprint density at radius 1 is 1.30 bits per heavy atom. The molecule has 0 spiro atoms. The van der Waals surface area contributed by atoms with Crippen molar-refractivity contribution in [1.82, 2.24) is 0 Å². The Morgan fingerprint density at radius 2 is 2.04 bits per heavy atom. The highest BCUT2D eigenvalue weighted by molar-refractivity contribution is 5.85. The fourth-order valence-electron chi connectivity index (χ4n) is 2.10. The monoisotopic (exact) mass is 314 g/mol. The third-order valence-corrected chi connectivity index (χ3v) is 3.29. The topological polar surface area (TPSA) is 85.0 Å². The molecule has 0 aliphatic carbocycles. The standard InChI is InChI=1S/C17H18N2O4/c1-4-23-16-9-13(8-15(17(16)20)19(21)22)10-18-14-7-11(2)5-6-12(14)3/h5-10,20H,4H2,1-3H3. The molecular weight excluding hydrogens is 296 g/mol. The average Bonchev–Trinajstić information content (AvgIpc) is 2.50. The predicted molar refractivity (Wildman–Crippen MR) is 89.1 cm³/mol. The smallest absolute Gasteiger partial charge is 0.315 e. The number of aliphatic imine (C=N–C) groups is 1. The summed E-state index contributed by atoms with van der Waals surface area (Å²) in [4.78, 5) is 14.8.